The lowest BCUT2D eigenvalue weighted by Crippen LogP contribution is -2.06. The van der Waals surface area contributed by atoms with Crippen LogP contribution in [0.1, 0.15) is 61.4 Å². The van der Waals surface area contributed by atoms with Crippen LogP contribution < -0.4 is 0 Å². The molecule has 2 nitrogen and oxygen atoms in total. The molecular weight excluding hydrogens is 316 g/mol. The molecule has 2 heteroatoms. The molecule has 1 atom stereocenters. The van der Waals surface area contributed by atoms with Gasteiger partial charge in [-0.05, 0) is 85.5 Å². The number of hydrogen-bond acceptors (Lipinski definition) is 1. The quantitative estimate of drug-likeness (QED) is 0.482. The molecule has 0 amide bonds. The Balaban J connectivity index is 2.13. The van der Waals surface area contributed by atoms with Crippen LogP contribution in [0.15, 0.2) is 48.7 Å². The van der Waals surface area contributed by atoms with E-state index in [2.05, 4.69) is 81.5 Å². The number of aryl methyl sites for hydroxylation is 3. The molecular formula is C24H30N2. The van der Waals surface area contributed by atoms with Crippen molar-refractivity contribution in [3.8, 4) is 16.8 Å². The first kappa shape index (κ1) is 18.4. The maximum Gasteiger partial charge on any atom is 0.0680 e. The standard InChI is InChI=1S/C24H30N2/c1-6-8-20(7-2)23-16-22(21-10-9-17(3)18(4)15-21)11-12-24(23)26-14-13-19(5)25-26/h9-16,20H,6-8H2,1-5H3. The molecule has 0 aliphatic carbocycles. The van der Waals surface area contributed by atoms with E-state index >= 15 is 0 Å². The summed E-state index contributed by atoms with van der Waals surface area (Å²) in [6.45, 7) is 11.0. The van der Waals surface area contributed by atoms with Crippen LogP contribution in [0.2, 0.25) is 0 Å². The summed E-state index contributed by atoms with van der Waals surface area (Å²) in [4.78, 5) is 0. The van der Waals surface area contributed by atoms with Gasteiger partial charge in [-0.2, -0.15) is 5.10 Å². The zero-order chi connectivity index (χ0) is 18.7. The van der Waals surface area contributed by atoms with Gasteiger partial charge in [0.1, 0.15) is 0 Å². The molecule has 0 aliphatic rings. The van der Waals surface area contributed by atoms with Crippen molar-refractivity contribution in [3.63, 3.8) is 0 Å². The molecule has 0 aliphatic heterocycles. The Morgan fingerprint density at radius 1 is 0.885 bits per heavy atom. The lowest BCUT2D eigenvalue weighted by Gasteiger charge is -2.20. The second kappa shape index (κ2) is 7.90. The van der Waals surface area contributed by atoms with E-state index in [1.807, 2.05) is 11.6 Å². The fraction of sp³-hybridized carbons (Fsp3) is 0.375. The van der Waals surface area contributed by atoms with Crippen molar-refractivity contribution < 1.29 is 0 Å². The van der Waals surface area contributed by atoms with Crippen LogP contribution >= 0.6 is 0 Å². The zero-order valence-electron chi connectivity index (χ0n) is 16.7. The Morgan fingerprint density at radius 3 is 2.23 bits per heavy atom. The lowest BCUT2D eigenvalue weighted by molar-refractivity contribution is 0.591. The molecule has 0 radical (unpaired) electrons. The minimum absolute atomic E-state index is 0.561. The molecule has 0 fully saturated rings. The van der Waals surface area contributed by atoms with Gasteiger partial charge in [0.15, 0.2) is 0 Å². The second-order valence-corrected chi connectivity index (χ2v) is 7.37. The SMILES string of the molecule is CCCC(CC)c1cc(-c2ccc(C)c(C)c2)ccc1-n1ccc(C)n1. The van der Waals surface area contributed by atoms with Gasteiger partial charge >= 0.3 is 0 Å². The van der Waals surface area contributed by atoms with Crippen molar-refractivity contribution >= 4 is 0 Å². The summed E-state index contributed by atoms with van der Waals surface area (Å²) in [5.74, 6) is 0.561. The number of benzene rings is 2. The average molecular weight is 347 g/mol. The summed E-state index contributed by atoms with van der Waals surface area (Å²) in [5.41, 5.74) is 8.96. The molecule has 3 aromatic rings. The second-order valence-electron chi connectivity index (χ2n) is 7.37. The van der Waals surface area contributed by atoms with Crippen LogP contribution in [0.25, 0.3) is 16.8 Å². The van der Waals surface area contributed by atoms with E-state index in [1.54, 1.807) is 0 Å². The normalized spacial score (nSPS) is 12.3. The van der Waals surface area contributed by atoms with Gasteiger partial charge in [0.05, 0.1) is 11.4 Å². The summed E-state index contributed by atoms with van der Waals surface area (Å²) in [7, 11) is 0. The minimum atomic E-state index is 0.561. The number of hydrogen-bond donors (Lipinski definition) is 0. The van der Waals surface area contributed by atoms with E-state index in [4.69, 9.17) is 0 Å². The van der Waals surface area contributed by atoms with Gasteiger partial charge in [-0.3, -0.25) is 0 Å². The van der Waals surface area contributed by atoms with E-state index in [-0.39, 0.29) is 0 Å². The maximum absolute atomic E-state index is 4.66. The molecule has 1 unspecified atom stereocenters. The van der Waals surface area contributed by atoms with E-state index in [9.17, 15) is 0 Å². The highest BCUT2D eigenvalue weighted by Crippen LogP contribution is 2.34. The van der Waals surface area contributed by atoms with E-state index < -0.39 is 0 Å². The molecule has 2 aromatic carbocycles. The smallest absolute Gasteiger partial charge is 0.0680 e. The van der Waals surface area contributed by atoms with Gasteiger partial charge in [-0.25, -0.2) is 4.68 Å². The summed E-state index contributed by atoms with van der Waals surface area (Å²) in [6.07, 6.45) is 5.63. The van der Waals surface area contributed by atoms with Crippen molar-refractivity contribution in [3.05, 3.63) is 71.0 Å². The Labute approximate surface area is 157 Å². The summed E-state index contributed by atoms with van der Waals surface area (Å²) < 4.78 is 2.03. The van der Waals surface area contributed by atoms with Crippen LogP contribution in [0.5, 0.6) is 0 Å². The molecule has 0 saturated carbocycles. The molecule has 0 bridgehead atoms. The van der Waals surface area contributed by atoms with Gasteiger partial charge < -0.3 is 0 Å². The number of aromatic nitrogens is 2. The van der Waals surface area contributed by atoms with Crippen molar-refractivity contribution in [2.75, 3.05) is 0 Å². The molecule has 0 saturated heterocycles. The predicted molar refractivity (Wildman–Crippen MR) is 111 cm³/mol. The van der Waals surface area contributed by atoms with Crippen LogP contribution in [-0.2, 0) is 0 Å². The van der Waals surface area contributed by atoms with Crippen LogP contribution in [0.4, 0.5) is 0 Å². The van der Waals surface area contributed by atoms with Crippen molar-refractivity contribution in [2.45, 2.75) is 59.8 Å². The fourth-order valence-corrected chi connectivity index (χ4v) is 3.67. The van der Waals surface area contributed by atoms with Gasteiger partial charge in [0.2, 0.25) is 0 Å². The summed E-state index contributed by atoms with van der Waals surface area (Å²) >= 11 is 0. The van der Waals surface area contributed by atoms with Crippen LogP contribution in [-0.4, -0.2) is 9.78 Å². The Bertz CT molecular complexity index is 889. The molecule has 3 rings (SSSR count). The van der Waals surface area contributed by atoms with E-state index in [0.717, 1.165) is 12.1 Å². The van der Waals surface area contributed by atoms with Crippen LogP contribution in [0.3, 0.4) is 0 Å². The highest BCUT2D eigenvalue weighted by atomic mass is 15.3. The monoisotopic (exact) mass is 346 g/mol. The van der Waals surface area contributed by atoms with Gasteiger partial charge in [-0.1, -0.05) is 44.5 Å². The molecule has 0 spiro atoms. The summed E-state index contributed by atoms with van der Waals surface area (Å²) in [5, 5.41) is 4.66. The topological polar surface area (TPSA) is 17.8 Å². The van der Waals surface area contributed by atoms with E-state index in [1.165, 1.54) is 46.3 Å². The van der Waals surface area contributed by atoms with Crippen molar-refractivity contribution in [2.24, 2.45) is 0 Å². The zero-order valence-corrected chi connectivity index (χ0v) is 16.7. The first-order valence-electron chi connectivity index (χ1n) is 9.77. The van der Waals surface area contributed by atoms with Gasteiger partial charge in [-0.15, -0.1) is 0 Å². The third-order valence-corrected chi connectivity index (χ3v) is 5.41. The van der Waals surface area contributed by atoms with Crippen molar-refractivity contribution in [1.82, 2.24) is 9.78 Å². The predicted octanol–water partition coefficient (Wildman–Crippen LogP) is 6.76. The molecule has 1 aromatic heterocycles. The molecule has 26 heavy (non-hydrogen) atoms. The Morgan fingerprint density at radius 2 is 1.62 bits per heavy atom. The fourth-order valence-electron chi connectivity index (χ4n) is 3.67. The third kappa shape index (κ3) is 3.75. The highest BCUT2D eigenvalue weighted by Gasteiger charge is 2.16. The Hall–Kier alpha value is -2.35. The number of rotatable bonds is 6. The minimum Gasteiger partial charge on any atom is -0.240 e. The lowest BCUT2D eigenvalue weighted by atomic mass is 9.88. The van der Waals surface area contributed by atoms with E-state index in [0.29, 0.717) is 5.92 Å². The van der Waals surface area contributed by atoms with Crippen molar-refractivity contribution in [1.29, 1.82) is 0 Å². The molecule has 0 N–H and O–H groups in total. The van der Waals surface area contributed by atoms with Gasteiger partial charge in [0, 0.05) is 6.20 Å². The first-order valence-corrected chi connectivity index (χ1v) is 9.77. The largest absolute Gasteiger partial charge is 0.240 e. The number of nitrogens with zero attached hydrogens (tertiary/aromatic N) is 2. The third-order valence-electron chi connectivity index (χ3n) is 5.41. The van der Waals surface area contributed by atoms with Gasteiger partial charge in [0.25, 0.3) is 0 Å². The summed E-state index contributed by atoms with van der Waals surface area (Å²) in [6, 6.07) is 15.7. The molecule has 1 heterocycles. The van der Waals surface area contributed by atoms with Crippen LogP contribution in [0, 0.1) is 20.8 Å². The Kier molecular flexibility index (Phi) is 5.61. The first-order chi connectivity index (χ1) is 12.5. The average Bonchev–Trinajstić information content (AvgIpc) is 3.07. The molecule has 136 valence electrons. The maximum atomic E-state index is 4.66. The highest BCUT2D eigenvalue weighted by molar-refractivity contribution is 5.68.